The number of nitrogens with one attached hydrogen (secondary N) is 1. The maximum absolute atomic E-state index is 14.7. The van der Waals surface area contributed by atoms with E-state index in [9.17, 15) is 12.8 Å². The fourth-order valence-corrected chi connectivity index (χ4v) is 4.80. The minimum absolute atomic E-state index is 0.0883. The molecule has 0 unspecified atom stereocenters. The first-order valence-corrected chi connectivity index (χ1v) is 11.4. The maximum Gasteiger partial charge on any atom is 0.263 e. The van der Waals surface area contributed by atoms with Gasteiger partial charge in [0.25, 0.3) is 10.0 Å². The Labute approximate surface area is 181 Å². The van der Waals surface area contributed by atoms with Crippen molar-refractivity contribution in [2.75, 3.05) is 4.72 Å². The average molecular weight is 461 g/mol. The van der Waals surface area contributed by atoms with E-state index in [2.05, 4.69) is 9.71 Å². The van der Waals surface area contributed by atoms with E-state index in [4.69, 9.17) is 16.3 Å². The molecule has 0 aliphatic carbocycles. The van der Waals surface area contributed by atoms with Gasteiger partial charge in [-0.2, -0.15) is 0 Å². The Morgan fingerprint density at radius 2 is 1.70 bits per heavy atom. The van der Waals surface area contributed by atoms with Gasteiger partial charge in [-0.3, -0.25) is 4.72 Å². The monoisotopic (exact) mass is 460 g/mol. The second-order valence-corrected chi connectivity index (χ2v) is 9.48. The molecule has 0 aliphatic heterocycles. The summed E-state index contributed by atoms with van der Waals surface area (Å²) in [6.45, 7) is 0. The molecule has 0 aliphatic rings. The van der Waals surface area contributed by atoms with Crippen LogP contribution in [0.3, 0.4) is 0 Å². The average Bonchev–Trinajstić information content (AvgIpc) is 3.14. The van der Waals surface area contributed by atoms with Crippen LogP contribution in [0.5, 0.6) is 11.5 Å². The van der Waals surface area contributed by atoms with E-state index < -0.39 is 15.8 Å². The number of hydrogen-bond acceptors (Lipinski definition) is 5. The quantitative estimate of drug-likeness (QED) is 0.372. The van der Waals surface area contributed by atoms with Crippen LogP contribution in [-0.4, -0.2) is 13.4 Å². The molecule has 0 radical (unpaired) electrons. The van der Waals surface area contributed by atoms with E-state index in [1.807, 2.05) is 42.5 Å². The first kappa shape index (κ1) is 20.3. The highest BCUT2D eigenvalue weighted by Gasteiger charge is 2.19. The molecule has 152 valence electrons. The number of benzene rings is 3. The zero-order chi connectivity index (χ0) is 21.1. The fraction of sp³-hybridized carbons (Fsp3) is 0. The van der Waals surface area contributed by atoms with Gasteiger partial charge in [0, 0.05) is 5.56 Å². The summed E-state index contributed by atoms with van der Waals surface area (Å²) < 4.78 is 48.0. The van der Waals surface area contributed by atoms with Crippen LogP contribution in [0.1, 0.15) is 0 Å². The molecule has 1 heterocycles. The molecule has 0 fully saturated rings. The highest BCUT2D eigenvalue weighted by molar-refractivity contribution is 7.93. The predicted octanol–water partition coefficient (Wildman–Crippen LogP) is 6.20. The van der Waals surface area contributed by atoms with Crippen molar-refractivity contribution in [2.24, 2.45) is 0 Å². The lowest BCUT2D eigenvalue weighted by atomic mass is 10.1. The minimum atomic E-state index is -4.02. The number of halogens is 2. The Morgan fingerprint density at radius 1 is 0.967 bits per heavy atom. The van der Waals surface area contributed by atoms with E-state index in [-0.39, 0.29) is 15.8 Å². The summed E-state index contributed by atoms with van der Waals surface area (Å²) in [5.41, 5.74) is 1.70. The molecule has 0 saturated heterocycles. The normalized spacial score (nSPS) is 11.3. The van der Waals surface area contributed by atoms with Gasteiger partial charge in [-0.1, -0.05) is 71.5 Å². The molecule has 1 aromatic heterocycles. The van der Waals surface area contributed by atoms with Gasteiger partial charge >= 0.3 is 0 Å². The summed E-state index contributed by atoms with van der Waals surface area (Å²) in [5, 5.41) is 0.0949. The number of thiazole rings is 1. The molecule has 5 nitrogen and oxygen atoms in total. The van der Waals surface area contributed by atoms with Crippen molar-refractivity contribution in [1.82, 2.24) is 4.98 Å². The Balaban J connectivity index is 1.61. The third-order valence-electron chi connectivity index (χ3n) is 4.10. The number of ether oxygens (including phenoxy) is 1. The number of nitrogens with zero attached hydrogens (tertiary/aromatic N) is 1. The Morgan fingerprint density at radius 3 is 2.40 bits per heavy atom. The fourth-order valence-electron chi connectivity index (χ4n) is 2.74. The van der Waals surface area contributed by atoms with Gasteiger partial charge in [0.15, 0.2) is 16.7 Å². The lowest BCUT2D eigenvalue weighted by molar-refractivity contribution is 0.442. The molecule has 0 saturated carbocycles. The highest BCUT2D eigenvalue weighted by Crippen LogP contribution is 2.35. The van der Waals surface area contributed by atoms with Crippen LogP contribution in [0.15, 0.2) is 83.9 Å². The highest BCUT2D eigenvalue weighted by atomic mass is 35.5. The molecular weight excluding hydrogens is 447 g/mol. The van der Waals surface area contributed by atoms with Crippen molar-refractivity contribution in [3.63, 3.8) is 0 Å². The molecule has 0 atom stereocenters. The van der Waals surface area contributed by atoms with E-state index in [0.717, 1.165) is 28.5 Å². The Bertz CT molecular complexity index is 1290. The van der Waals surface area contributed by atoms with Crippen molar-refractivity contribution in [3.8, 4) is 22.6 Å². The summed E-state index contributed by atoms with van der Waals surface area (Å²) in [5.74, 6) is -0.443. The molecule has 9 heteroatoms. The van der Waals surface area contributed by atoms with Crippen molar-refractivity contribution in [2.45, 2.75) is 4.90 Å². The third kappa shape index (κ3) is 4.46. The van der Waals surface area contributed by atoms with Crippen molar-refractivity contribution in [3.05, 3.63) is 89.1 Å². The van der Waals surface area contributed by atoms with E-state index in [1.54, 1.807) is 12.1 Å². The Hall–Kier alpha value is -2.94. The van der Waals surface area contributed by atoms with Crippen LogP contribution < -0.4 is 9.46 Å². The van der Waals surface area contributed by atoms with Crippen LogP contribution in [0.2, 0.25) is 4.34 Å². The van der Waals surface area contributed by atoms with Crippen molar-refractivity contribution in [1.29, 1.82) is 0 Å². The summed E-state index contributed by atoms with van der Waals surface area (Å²) in [7, 11) is -4.02. The number of rotatable bonds is 6. The topological polar surface area (TPSA) is 68.3 Å². The molecule has 30 heavy (non-hydrogen) atoms. The summed E-state index contributed by atoms with van der Waals surface area (Å²) in [6, 6.07) is 20.2. The number of aromatic nitrogens is 1. The number of anilines is 1. The molecular formula is C21H14ClFN2O3S2. The standard InChI is InChI=1S/C21H14ClFN2O3S2/c22-20-13-24-21(29-20)25-30(26,27)15-10-11-19(17(23)12-15)28-18-9-5-4-8-16(18)14-6-2-1-3-7-14/h1-13H,(H,24,25). The molecule has 4 aromatic rings. The summed E-state index contributed by atoms with van der Waals surface area (Å²) in [6.07, 6.45) is 1.33. The van der Waals surface area contributed by atoms with Gasteiger partial charge in [0.1, 0.15) is 10.1 Å². The zero-order valence-electron chi connectivity index (χ0n) is 15.2. The van der Waals surface area contributed by atoms with Crippen LogP contribution in [0, 0.1) is 5.82 Å². The van der Waals surface area contributed by atoms with Gasteiger partial charge in [-0.25, -0.2) is 17.8 Å². The third-order valence-corrected chi connectivity index (χ3v) is 6.60. The Kier molecular flexibility index (Phi) is 5.72. The lowest BCUT2D eigenvalue weighted by Gasteiger charge is -2.13. The first-order valence-electron chi connectivity index (χ1n) is 8.68. The van der Waals surface area contributed by atoms with E-state index in [0.29, 0.717) is 10.1 Å². The zero-order valence-corrected chi connectivity index (χ0v) is 17.6. The molecule has 1 N–H and O–H groups in total. The second-order valence-electron chi connectivity index (χ2n) is 6.13. The largest absolute Gasteiger partial charge is 0.454 e. The maximum atomic E-state index is 14.7. The SMILES string of the molecule is O=S(=O)(Nc1ncc(Cl)s1)c1ccc(Oc2ccccc2-c2ccccc2)c(F)c1. The second kappa shape index (κ2) is 8.43. The minimum Gasteiger partial charge on any atom is -0.454 e. The van der Waals surface area contributed by atoms with Gasteiger partial charge in [0.2, 0.25) is 0 Å². The smallest absolute Gasteiger partial charge is 0.263 e. The van der Waals surface area contributed by atoms with Crippen LogP contribution in [-0.2, 0) is 10.0 Å². The van der Waals surface area contributed by atoms with Crippen LogP contribution in [0.25, 0.3) is 11.1 Å². The van der Waals surface area contributed by atoms with Gasteiger partial charge in [-0.05, 0) is 29.8 Å². The molecule has 0 spiro atoms. The van der Waals surface area contributed by atoms with Crippen LogP contribution >= 0.6 is 22.9 Å². The molecule has 4 rings (SSSR count). The number of hydrogen-bond donors (Lipinski definition) is 1. The van der Waals surface area contributed by atoms with Crippen LogP contribution in [0.4, 0.5) is 9.52 Å². The van der Waals surface area contributed by atoms with E-state index in [1.165, 1.54) is 18.3 Å². The molecule has 3 aromatic carbocycles. The van der Waals surface area contributed by atoms with Gasteiger partial charge in [-0.15, -0.1) is 0 Å². The first-order chi connectivity index (χ1) is 14.4. The lowest BCUT2D eigenvalue weighted by Crippen LogP contribution is -2.13. The van der Waals surface area contributed by atoms with Crippen molar-refractivity contribution < 1.29 is 17.5 Å². The number of sulfonamides is 1. The summed E-state index contributed by atoms with van der Waals surface area (Å²) >= 11 is 6.72. The molecule has 0 amide bonds. The number of para-hydroxylation sites is 1. The van der Waals surface area contributed by atoms with Crippen molar-refractivity contribution >= 4 is 38.1 Å². The van der Waals surface area contributed by atoms with E-state index >= 15 is 0 Å². The summed E-state index contributed by atoms with van der Waals surface area (Å²) in [4.78, 5) is 3.58. The van der Waals surface area contributed by atoms with Gasteiger partial charge in [0.05, 0.1) is 11.1 Å². The van der Waals surface area contributed by atoms with Gasteiger partial charge < -0.3 is 4.74 Å². The molecule has 0 bridgehead atoms. The predicted molar refractivity (Wildman–Crippen MR) is 116 cm³/mol.